The van der Waals surface area contributed by atoms with Gasteiger partial charge in [0.25, 0.3) is 0 Å². The second kappa shape index (κ2) is 8.39. The van der Waals surface area contributed by atoms with Crippen molar-refractivity contribution in [2.75, 3.05) is 38.2 Å². The molecule has 8 heteroatoms. The summed E-state index contributed by atoms with van der Waals surface area (Å²) in [5, 5.41) is 6.46. The number of carbonyl (C=O) groups excluding carboxylic acids is 2. The quantitative estimate of drug-likeness (QED) is 0.759. The molecule has 3 aliphatic heterocycles. The molecular weight excluding hydrogens is 399 g/mol. The molecule has 3 fully saturated rings. The molecule has 1 aliphatic carbocycles. The molecule has 1 aromatic rings. The first-order chi connectivity index (χ1) is 15.0. The minimum Gasteiger partial charge on any atom is -0.373 e. The summed E-state index contributed by atoms with van der Waals surface area (Å²) in [5.74, 6) is -0.191. The molecule has 1 aromatic carbocycles. The largest absolute Gasteiger partial charge is 0.373 e. The van der Waals surface area contributed by atoms with Crippen LogP contribution in [0.5, 0.6) is 0 Å². The fourth-order valence-corrected chi connectivity index (χ4v) is 5.70. The first-order valence-corrected chi connectivity index (χ1v) is 11.5. The summed E-state index contributed by atoms with van der Waals surface area (Å²) in [6.45, 7) is 5.23. The van der Waals surface area contributed by atoms with Crippen molar-refractivity contribution in [3.8, 4) is 0 Å². The zero-order chi connectivity index (χ0) is 21.5. The Morgan fingerprint density at radius 1 is 1.26 bits per heavy atom. The average Bonchev–Trinajstić information content (AvgIpc) is 3.24. The highest BCUT2D eigenvalue weighted by Gasteiger charge is 2.38. The monoisotopic (exact) mass is 430 g/mol. The van der Waals surface area contributed by atoms with Crippen LogP contribution in [0.1, 0.15) is 36.8 Å². The number of amides is 2. The van der Waals surface area contributed by atoms with Gasteiger partial charge < -0.3 is 20.3 Å². The lowest BCUT2D eigenvalue weighted by Gasteiger charge is -2.47. The SMILES string of the molecule is Cc1ccc(F)c2c1NC(C(=O)N[C@@H]1CCC[C@H](N3CCN4C(=O)COC[C@@H]4C3)C1)C2. The predicted octanol–water partition coefficient (Wildman–Crippen LogP) is 1.44. The summed E-state index contributed by atoms with van der Waals surface area (Å²) in [6, 6.07) is 3.49. The number of benzene rings is 1. The highest BCUT2D eigenvalue weighted by atomic mass is 19.1. The van der Waals surface area contributed by atoms with E-state index in [4.69, 9.17) is 4.74 Å². The van der Waals surface area contributed by atoms with E-state index in [-0.39, 0.29) is 36.3 Å². The molecule has 4 aliphatic rings. The lowest BCUT2D eigenvalue weighted by atomic mass is 9.88. The number of nitrogens with zero attached hydrogens (tertiary/aromatic N) is 2. The number of ether oxygens (including phenoxy) is 1. The van der Waals surface area contributed by atoms with Gasteiger partial charge in [-0.1, -0.05) is 6.07 Å². The number of nitrogens with one attached hydrogen (secondary N) is 2. The maximum atomic E-state index is 14.2. The number of fused-ring (bicyclic) bond motifs is 2. The van der Waals surface area contributed by atoms with Crippen LogP contribution in [-0.2, 0) is 20.7 Å². The molecule has 0 spiro atoms. The molecule has 2 saturated heterocycles. The van der Waals surface area contributed by atoms with E-state index in [9.17, 15) is 14.0 Å². The number of carbonyl (C=O) groups is 2. The molecule has 1 unspecified atom stereocenters. The third-order valence-corrected chi connectivity index (χ3v) is 7.39. The molecule has 7 nitrogen and oxygen atoms in total. The number of rotatable bonds is 3. The Morgan fingerprint density at radius 2 is 2.13 bits per heavy atom. The minimum atomic E-state index is -0.417. The molecule has 168 valence electrons. The van der Waals surface area contributed by atoms with Crippen molar-refractivity contribution >= 4 is 17.5 Å². The van der Waals surface area contributed by atoms with Crippen LogP contribution in [0.3, 0.4) is 0 Å². The molecule has 5 rings (SSSR count). The van der Waals surface area contributed by atoms with Crippen LogP contribution >= 0.6 is 0 Å². The van der Waals surface area contributed by atoms with Crippen molar-refractivity contribution in [2.45, 2.75) is 63.2 Å². The normalized spacial score (nSPS) is 31.0. The standard InChI is InChI=1S/C23H31FN4O3/c1-14-5-6-19(24)18-10-20(26-22(14)18)23(30)25-15-3-2-4-16(9-15)27-7-8-28-17(11-27)12-31-13-21(28)29/h5-6,15-17,20,26H,2-4,7-13H2,1H3,(H,25,30)/t15-,16+,17+,20?/m1/s1. The summed E-state index contributed by atoms with van der Waals surface area (Å²) in [7, 11) is 0. The molecule has 4 atom stereocenters. The maximum absolute atomic E-state index is 14.2. The topological polar surface area (TPSA) is 73.9 Å². The summed E-state index contributed by atoms with van der Waals surface area (Å²) in [5.41, 5.74) is 2.35. The van der Waals surface area contributed by atoms with Crippen LogP contribution in [0.4, 0.5) is 10.1 Å². The first kappa shape index (κ1) is 20.7. The summed E-state index contributed by atoms with van der Waals surface area (Å²) in [4.78, 5) is 29.4. The van der Waals surface area contributed by atoms with Gasteiger partial charge in [-0.3, -0.25) is 14.5 Å². The summed E-state index contributed by atoms with van der Waals surface area (Å²) >= 11 is 0. The van der Waals surface area contributed by atoms with Crippen LogP contribution in [-0.4, -0.2) is 78.6 Å². The zero-order valence-electron chi connectivity index (χ0n) is 18.0. The predicted molar refractivity (Wildman–Crippen MR) is 114 cm³/mol. The third kappa shape index (κ3) is 4.03. The Bertz CT molecular complexity index is 848. The number of anilines is 1. The van der Waals surface area contributed by atoms with Gasteiger partial charge in [-0.05, 0) is 44.2 Å². The van der Waals surface area contributed by atoms with Gasteiger partial charge in [0.1, 0.15) is 18.5 Å². The van der Waals surface area contributed by atoms with Crippen molar-refractivity contribution in [1.82, 2.24) is 15.1 Å². The Balaban J connectivity index is 1.17. The lowest BCUT2D eigenvalue weighted by molar-refractivity contribution is -0.153. The number of morpholine rings is 1. The van der Waals surface area contributed by atoms with Crippen molar-refractivity contribution in [3.05, 3.63) is 29.1 Å². The fourth-order valence-electron chi connectivity index (χ4n) is 5.70. The van der Waals surface area contributed by atoms with Gasteiger partial charge in [-0.25, -0.2) is 4.39 Å². The number of hydrogen-bond donors (Lipinski definition) is 2. The van der Waals surface area contributed by atoms with Crippen molar-refractivity contribution < 1.29 is 18.7 Å². The van der Waals surface area contributed by atoms with Crippen LogP contribution in [0.25, 0.3) is 0 Å². The molecule has 1 saturated carbocycles. The average molecular weight is 431 g/mol. The maximum Gasteiger partial charge on any atom is 0.248 e. The smallest absolute Gasteiger partial charge is 0.248 e. The van der Waals surface area contributed by atoms with Gasteiger partial charge in [-0.15, -0.1) is 0 Å². The van der Waals surface area contributed by atoms with E-state index in [1.165, 1.54) is 6.07 Å². The number of aryl methyl sites for hydroxylation is 1. The Labute approximate surface area is 182 Å². The van der Waals surface area contributed by atoms with Gasteiger partial charge in [0, 0.05) is 49.4 Å². The number of hydrogen-bond acceptors (Lipinski definition) is 5. The molecule has 31 heavy (non-hydrogen) atoms. The van der Waals surface area contributed by atoms with Crippen molar-refractivity contribution in [1.29, 1.82) is 0 Å². The van der Waals surface area contributed by atoms with Crippen LogP contribution in [0, 0.1) is 12.7 Å². The van der Waals surface area contributed by atoms with E-state index in [2.05, 4.69) is 15.5 Å². The van der Waals surface area contributed by atoms with E-state index in [0.29, 0.717) is 24.6 Å². The van der Waals surface area contributed by atoms with Gasteiger partial charge in [-0.2, -0.15) is 0 Å². The second-order valence-electron chi connectivity index (χ2n) is 9.40. The third-order valence-electron chi connectivity index (χ3n) is 7.39. The highest BCUT2D eigenvalue weighted by Crippen LogP contribution is 2.32. The Kier molecular flexibility index (Phi) is 5.60. The fraction of sp³-hybridized carbons (Fsp3) is 0.652. The minimum absolute atomic E-state index is 0.0447. The van der Waals surface area contributed by atoms with Crippen LogP contribution in [0.15, 0.2) is 12.1 Å². The van der Waals surface area contributed by atoms with Gasteiger partial charge in [0.15, 0.2) is 0 Å². The zero-order valence-corrected chi connectivity index (χ0v) is 18.0. The molecule has 2 N–H and O–H groups in total. The molecular formula is C23H31FN4O3. The Morgan fingerprint density at radius 3 is 2.97 bits per heavy atom. The van der Waals surface area contributed by atoms with Crippen LogP contribution in [0.2, 0.25) is 0 Å². The van der Waals surface area contributed by atoms with Gasteiger partial charge in [0.05, 0.1) is 12.6 Å². The highest BCUT2D eigenvalue weighted by molar-refractivity contribution is 5.88. The van der Waals surface area contributed by atoms with Crippen LogP contribution < -0.4 is 10.6 Å². The molecule has 0 aromatic heterocycles. The summed E-state index contributed by atoms with van der Waals surface area (Å²) < 4.78 is 19.6. The van der Waals surface area contributed by atoms with E-state index >= 15 is 0 Å². The van der Waals surface area contributed by atoms with E-state index in [1.54, 1.807) is 6.07 Å². The van der Waals surface area contributed by atoms with E-state index < -0.39 is 6.04 Å². The molecule has 2 amide bonds. The van der Waals surface area contributed by atoms with Crippen molar-refractivity contribution in [3.63, 3.8) is 0 Å². The molecule has 0 radical (unpaired) electrons. The Hall–Kier alpha value is -2.19. The second-order valence-corrected chi connectivity index (χ2v) is 9.40. The summed E-state index contributed by atoms with van der Waals surface area (Å²) in [6.07, 6.45) is 4.47. The number of piperazine rings is 1. The van der Waals surface area contributed by atoms with E-state index in [1.807, 2.05) is 11.8 Å². The lowest BCUT2D eigenvalue weighted by Crippen LogP contribution is -2.62. The van der Waals surface area contributed by atoms with Crippen molar-refractivity contribution in [2.24, 2.45) is 0 Å². The molecule has 0 bridgehead atoms. The first-order valence-electron chi connectivity index (χ1n) is 11.5. The van der Waals surface area contributed by atoms with Gasteiger partial charge >= 0.3 is 0 Å². The number of halogens is 1. The van der Waals surface area contributed by atoms with E-state index in [0.717, 1.165) is 56.6 Å². The van der Waals surface area contributed by atoms with Gasteiger partial charge in [0.2, 0.25) is 11.8 Å². The molecule has 3 heterocycles.